The molecule has 1 atom stereocenters. The third-order valence-electron chi connectivity index (χ3n) is 2.79. The molecule has 0 aliphatic carbocycles. The Hall–Kier alpha value is -2.38. The molecule has 140 valence electrons. The first-order valence-electron chi connectivity index (χ1n) is 8.11. The summed E-state index contributed by atoms with van der Waals surface area (Å²) in [6.45, 7) is 10.5. The van der Waals surface area contributed by atoms with E-state index in [0.29, 0.717) is 0 Å². The summed E-state index contributed by atoms with van der Waals surface area (Å²) in [6, 6.07) is -1.50. The highest BCUT2D eigenvalue weighted by molar-refractivity contribution is 5.85. The Morgan fingerprint density at radius 3 is 2.16 bits per heavy atom. The van der Waals surface area contributed by atoms with Crippen molar-refractivity contribution >= 4 is 18.0 Å². The van der Waals surface area contributed by atoms with E-state index in [1.165, 1.54) is 23.3 Å². The number of rotatable bonds is 5. The molecule has 0 saturated heterocycles. The van der Waals surface area contributed by atoms with Crippen molar-refractivity contribution in [1.82, 2.24) is 14.9 Å². The second-order valence-corrected chi connectivity index (χ2v) is 7.63. The number of aromatic nitrogens is 2. The fraction of sp³-hybridized carbons (Fsp3) is 0.647. The van der Waals surface area contributed by atoms with Gasteiger partial charge in [-0.2, -0.15) is 0 Å². The first kappa shape index (κ1) is 20.7. The maximum atomic E-state index is 12.3. The number of nitrogens with zero attached hydrogens (tertiary/aromatic N) is 2. The van der Waals surface area contributed by atoms with Gasteiger partial charge >= 0.3 is 18.0 Å². The molecular formula is C17H27N3O5. The van der Waals surface area contributed by atoms with Gasteiger partial charge < -0.3 is 14.8 Å². The molecule has 1 amide bonds. The minimum atomic E-state index is -0.971. The van der Waals surface area contributed by atoms with E-state index in [1.807, 2.05) is 0 Å². The predicted octanol–water partition coefficient (Wildman–Crippen LogP) is 2.27. The number of carbonyl (C=O) groups is 3. The molecule has 0 aliphatic rings. The van der Waals surface area contributed by atoms with Crippen LogP contribution in [0.25, 0.3) is 0 Å². The third-order valence-corrected chi connectivity index (χ3v) is 2.79. The molecule has 8 nitrogen and oxygen atoms in total. The zero-order chi connectivity index (χ0) is 19.3. The molecular weight excluding hydrogens is 326 g/mol. The van der Waals surface area contributed by atoms with E-state index in [2.05, 4.69) is 10.3 Å². The summed E-state index contributed by atoms with van der Waals surface area (Å²) in [4.78, 5) is 40.2. The minimum Gasteiger partial charge on any atom is -0.460 e. The van der Waals surface area contributed by atoms with Gasteiger partial charge in [0.1, 0.15) is 23.6 Å². The van der Waals surface area contributed by atoms with Crippen molar-refractivity contribution in [2.45, 2.75) is 71.6 Å². The van der Waals surface area contributed by atoms with Crippen molar-refractivity contribution in [3.63, 3.8) is 0 Å². The number of hydrogen-bond acceptors (Lipinski definition) is 6. The van der Waals surface area contributed by atoms with Crippen molar-refractivity contribution in [1.29, 1.82) is 0 Å². The van der Waals surface area contributed by atoms with E-state index in [0.717, 1.165) is 0 Å². The van der Waals surface area contributed by atoms with Crippen LogP contribution in [0.3, 0.4) is 0 Å². The number of imidazole rings is 1. The van der Waals surface area contributed by atoms with E-state index in [1.54, 1.807) is 41.5 Å². The van der Waals surface area contributed by atoms with Crippen LogP contribution in [0.15, 0.2) is 18.7 Å². The quantitative estimate of drug-likeness (QED) is 0.815. The molecule has 1 aromatic rings. The molecule has 0 radical (unpaired) electrons. The standard InChI is InChI=1S/C17H27N3O5/c1-16(2,3)24-13(21)8-7-12(14(22)25-17(4,5)6)19-15(23)20-10-9-18-11-20/h9-12H,7-8H2,1-6H3,(H,19,23). The summed E-state index contributed by atoms with van der Waals surface area (Å²) < 4.78 is 11.7. The van der Waals surface area contributed by atoms with Gasteiger partial charge in [0.05, 0.1) is 0 Å². The van der Waals surface area contributed by atoms with E-state index in [4.69, 9.17) is 9.47 Å². The zero-order valence-electron chi connectivity index (χ0n) is 15.7. The lowest BCUT2D eigenvalue weighted by molar-refractivity contribution is -0.158. The molecule has 1 rings (SSSR count). The summed E-state index contributed by atoms with van der Waals surface area (Å²) >= 11 is 0. The number of esters is 2. The molecule has 1 aromatic heterocycles. The van der Waals surface area contributed by atoms with Crippen molar-refractivity contribution < 1.29 is 23.9 Å². The number of amides is 1. The monoisotopic (exact) mass is 353 g/mol. The van der Waals surface area contributed by atoms with E-state index in [9.17, 15) is 14.4 Å². The number of nitrogens with one attached hydrogen (secondary N) is 1. The van der Waals surface area contributed by atoms with Gasteiger partial charge in [-0.05, 0) is 48.0 Å². The lowest BCUT2D eigenvalue weighted by Crippen LogP contribution is -2.45. The van der Waals surface area contributed by atoms with Gasteiger partial charge in [-0.3, -0.25) is 9.36 Å². The zero-order valence-corrected chi connectivity index (χ0v) is 15.7. The SMILES string of the molecule is CC(C)(C)OC(=O)CCC(NC(=O)n1ccnc1)C(=O)OC(C)(C)C. The normalized spacial score (nSPS) is 13.0. The molecule has 0 aliphatic heterocycles. The lowest BCUT2D eigenvalue weighted by atomic mass is 10.1. The second-order valence-electron chi connectivity index (χ2n) is 7.63. The van der Waals surface area contributed by atoms with Crippen LogP contribution in [0.4, 0.5) is 4.79 Å². The number of hydrogen-bond donors (Lipinski definition) is 1. The molecule has 0 aromatic carbocycles. The van der Waals surface area contributed by atoms with Crippen LogP contribution in [0.5, 0.6) is 0 Å². The van der Waals surface area contributed by atoms with Gasteiger partial charge in [0.15, 0.2) is 0 Å². The fourth-order valence-corrected chi connectivity index (χ4v) is 1.88. The van der Waals surface area contributed by atoms with E-state index < -0.39 is 35.2 Å². The molecule has 0 bridgehead atoms. The minimum absolute atomic E-state index is 0.0224. The first-order chi connectivity index (χ1) is 11.4. The number of ether oxygens (including phenoxy) is 2. The summed E-state index contributed by atoms with van der Waals surface area (Å²) in [5, 5.41) is 2.56. The Labute approximate surface area is 147 Å². The van der Waals surface area contributed by atoms with Crippen LogP contribution >= 0.6 is 0 Å². The Balaban J connectivity index is 2.75. The van der Waals surface area contributed by atoms with Crippen molar-refractivity contribution in [3.05, 3.63) is 18.7 Å². The van der Waals surface area contributed by atoms with Crippen LogP contribution in [-0.2, 0) is 19.1 Å². The molecule has 1 N–H and O–H groups in total. The van der Waals surface area contributed by atoms with Crippen LogP contribution in [-0.4, -0.2) is 44.8 Å². The highest BCUT2D eigenvalue weighted by atomic mass is 16.6. The van der Waals surface area contributed by atoms with Crippen molar-refractivity contribution in [2.75, 3.05) is 0 Å². The van der Waals surface area contributed by atoms with E-state index in [-0.39, 0.29) is 12.8 Å². The lowest BCUT2D eigenvalue weighted by Gasteiger charge is -2.25. The Kier molecular flexibility index (Phi) is 6.72. The number of carbonyl (C=O) groups excluding carboxylic acids is 3. The van der Waals surface area contributed by atoms with E-state index >= 15 is 0 Å². The Morgan fingerprint density at radius 1 is 1.08 bits per heavy atom. The highest BCUT2D eigenvalue weighted by Crippen LogP contribution is 2.13. The summed E-state index contributed by atoms with van der Waals surface area (Å²) in [6.07, 6.45) is 4.27. The second kappa shape index (κ2) is 8.13. The largest absolute Gasteiger partial charge is 0.460 e. The van der Waals surface area contributed by atoms with Gasteiger partial charge in [-0.1, -0.05) is 0 Å². The summed E-state index contributed by atoms with van der Waals surface area (Å²) in [5.74, 6) is -1.05. The van der Waals surface area contributed by atoms with Gasteiger partial charge in [0.25, 0.3) is 0 Å². The molecule has 0 spiro atoms. The van der Waals surface area contributed by atoms with Crippen LogP contribution in [0.2, 0.25) is 0 Å². The van der Waals surface area contributed by atoms with Gasteiger partial charge in [0.2, 0.25) is 0 Å². The van der Waals surface area contributed by atoms with Crippen LogP contribution in [0.1, 0.15) is 54.4 Å². The van der Waals surface area contributed by atoms with Crippen molar-refractivity contribution in [3.8, 4) is 0 Å². The fourth-order valence-electron chi connectivity index (χ4n) is 1.88. The smallest absolute Gasteiger partial charge is 0.329 e. The molecule has 8 heteroatoms. The molecule has 0 fully saturated rings. The average molecular weight is 353 g/mol. The Bertz CT molecular complexity index is 597. The summed E-state index contributed by atoms with van der Waals surface area (Å²) in [5.41, 5.74) is -1.32. The third kappa shape index (κ3) is 8.32. The maximum absolute atomic E-state index is 12.3. The maximum Gasteiger partial charge on any atom is 0.329 e. The molecule has 1 heterocycles. The average Bonchev–Trinajstić information content (AvgIpc) is 2.93. The van der Waals surface area contributed by atoms with Crippen LogP contribution < -0.4 is 5.32 Å². The Morgan fingerprint density at radius 2 is 1.68 bits per heavy atom. The first-order valence-corrected chi connectivity index (χ1v) is 8.11. The predicted molar refractivity (Wildman–Crippen MR) is 90.9 cm³/mol. The van der Waals surface area contributed by atoms with Gasteiger partial charge in [0, 0.05) is 18.8 Å². The highest BCUT2D eigenvalue weighted by Gasteiger charge is 2.28. The van der Waals surface area contributed by atoms with Crippen molar-refractivity contribution in [2.24, 2.45) is 0 Å². The molecule has 0 saturated carbocycles. The van der Waals surface area contributed by atoms with Gasteiger partial charge in [-0.25, -0.2) is 14.6 Å². The van der Waals surface area contributed by atoms with Crippen LogP contribution in [0, 0.1) is 0 Å². The molecule has 25 heavy (non-hydrogen) atoms. The topological polar surface area (TPSA) is 99.5 Å². The van der Waals surface area contributed by atoms with Gasteiger partial charge in [-0.15, -0.1) is 0 Å². The molecule has 1 unspecified atom stereocenters. The summed E-state index contributed by atoms with van der Waals surface area (Å²) in [7, 11) is 0.